The lowest BCUT2D eigenvalue weighted by Gasteiger charge is -2.28. The third-order valence-corrected chi connectivity index (χ3v) is 5.27. The molecule has 0 saturated carbocycles. The molecule has 0 unspecified atom stereocenters. The van der Waals surface area contributed by atoms with Gasteiger partial charge in [-0.1, -0.05) is 6.07 Å². The Hall–Kier alpha value is -2.54. The number of aromatic nitrogens is 2. The standard InChI is InChI=1S/C20H26N4O3/c1-2-27-18-11-14(5-6-17(18)25)12-23-10-7-16-15(13-23)19(26)22-20(21-16)24-8-3-4-9-24/h5-6,11,25H,2-4,7-10,12-13H2,1H3,(H,21,22,26). The molecule has 1 saturated heterocycles. The number of ether oxygens (including phenoxy) is 1. The number of hydrogen-bond acceptors (Lipinski definition) is 6. The number of phenols is 1. The van der Waals surface area contributed by atoms with Crippen molar-refractivity contribution in [2.24, 2.45) is 0 Å². The van der Waals surface area contributed by atoms with Crippen LogP contribution in [0.25, 0.3) is 0 Å². The summed E-state index contributed by atoms with van der Waals surface area (Å²) in [6.45, 7) is 6.48. The van der Waals surface area contributed by atoms with Crippen LogP contribution in [0.1, 0.15) is 36.6 Å². The zero-order valence-electron chi connectivity index (χ0n) is 15.7. The molecule has 0 amide bonds. The zero-order valence-corrected chi connectivity index (χ0v) is 15.7. The van der Waals surface area contributed by atoms with Gasteiger partial charge in [0.25, 0.3) is 5.56 Å². The summed E-state index contributed by atoms with van der Waals surface area (Å²) >= 11 is 0. The number of nitrogens with one attached hydrogen (secondary N) is 1. The third kappa shape index (κ3) is 3.78. The number of anilines is 1. The van der Waals surface area contributed by atoms with Crippen LogP contribution in [0.4, 0.5) is 5.95 Å². The van der Waals surface area contributed by atoms with Gasteiger partial charge in [0.1, 0.15) is 0 Å². The topological polar surface area (TPSA) is 81.7 Å². The highest BCUT2D eigenvalue weighted by Crippen LogP contribution is 2.28. The van der Waals surface area contributed by atoms with Gasteiger partial charge in [-0.15, -0.1) is 0 Å². The van der Waals surface area contributed by atoms with E-state index in [2.05, 4.69) is 14.8 Å². The Balaban J connectivity index is 1.50. The van der Waals surface area contributed by atoms with Crippen molar-refractivity contribution < 1.29 is 9.84 Å². The van der Waals surface area contributed by atoms with E-state index in [1.165, 1.54) is 0 Å². The van der Waals surface area contributed by atoms with Gasteiger partial charge in [0, 0.05) is 39.1 Å². The molecular formula is C20H26N4O3. The smallest absolute Gasteiger partial charge is 0.257 e. The second kappa shape index (κ2) is 7.60. The van der Waals surface area contributed by atoms with Crippen LogP contribution in [-0.2, 0) is 19.5 Å². The molecule has 0 bridgehead atoms. The predicted octanol–water partition coefficient (Wildman–Crippen LogP) is 2.03. The molecule has 7 heteroatoms. The van der Waals surface area contributed by atoms with Gasteiger partial charge in [-0.25, -0.2) is 4.98 Å². The molecule has 0 radical (unpaired) electrons. The van der Waals surface area contributed by atoms with E-state index in [1.54, 1.807) is 6.07 Å². The Labute approximate surface area is 158 Å². The molecule has 0 spiro atoms. The van der Waals surface area contributed by atoms with Crippen molar-refractivity contribution in [3.05, 3.63) is 45.4 Å². The van der Waals surface area contributed by atoms with Crippen molar-refractivity contribution >= 4 is 5.95 Å². The van der Waals surface area contributed by atoms with Crippen LogP contribution in [0.3, 0.4) is 0 Å². The predicted molar refractivity (Wildman–Crippen MR) is 103 cm³/mol. The first kappa shape index (κ1) is 17.9. The lowest BCUT2D eigenvalue weighted by atomic mass is 10.1. The molecule has 2 aliphatic rings. The molecule has 2 aromatic rings. The monoisotopic (exact) mass is 370 g/mol. The maximum absolute atomic E-state index is 12.6. The number of rotatable bonds is 5. The normalized spacial score (nSPS) is 17.1. The van der Waals surface area contributed by atoms with Crippen molar-refractivity contribution in [1.29, 1.82) is 0 Å². The Morgan fingerprint density at radius 3 is 2.85 bits per heavy atom. The highest BCUT2D eigenvalue weighted by Gasteiger charge is 2.23. The Bertz CT molecular complexity index is 874. The van der Waals surface area contributed by atoms with Crippen molar-refractivity contribution in [2.45, 2.75) is 39.3 Å². The molecule has 0 aliphatic carbocycles. The fraction of sp³-hybridized carbons (Fsp3) is 0.500. The van der Waals surface area contributed by atoms with Gasteiger partial charge in [-0.3, -0.25) is 14.7 Å². The van der Waals surface area contributed by atoms with E-state index in [9.17, 15) is 9.90 Å². The van der Waals surface area contributed by atoms with Crippen LogP contribution in [0.2, 0.25) is 0 Å². The minimum absolute atomic E-state index is 0.0210. The summed E-state index contributed by atoms with van der Waals surface area (Å²) < 4.78 is 5.47. The molecule has 3 heterocycles. The summed E-state index contributed by atoms with van der Waals surface area (Å²) in [4.78, 5) is 24.7. The fourth-order valence-electron chi connectivity index (χ4n) is 3.87. The van der Waals surface area contributed by atoms with Gasteiger partial charge in [-0.05, 0) is 37.5 Å². The third-order valence-electron chi connectivity index (χ3n) is 5.27. The summed E-state index contributed by atoms with van der Waals surface area (Å²) in [5, 5.41) is 9.86. The van der Waals surface area contributed by atoms with E-state index < -0.39 is 0 Å². The van der Waals surface area contributed by atoms with Gasteiger partial charge < -0.3 is 14.7 Å². The molecule has 4 rings (SSSR count). The number of aromatic amines is 1. The summed E-state index contributed by atoms with van der Waals surface area (Å²) in [7, 11) is 0. The summed E-state index contributed by atoms with van der Waals surface area (Å²) in [6, 6.07) is 5.43. The van der Waals surface area contributed by atoms with Gasteiger partial charge in [0.2, 0.25) is 5.95 Å². The minimum atomic E-state index is -0.0210. The first-order valence-corrected chi connectivity index (χ1v) is 9.68. The summed E-state index contributed by atoms with van der Waals surface area (Å²) in [6.07, 6.45) is 3.09. The highest BCUT2D eigenvalue weighted by atomic mass is 16.5. The number of phenolic OH excluding ortho intramolecular Hbond substituents is 1. The molecule has 1 aromatic carbocycles. The number of fused-ring (bicyclic) bond motifs is 1. The highest BCUT2D eigenvalue weighted by molar-refractivity contribution is 5.42. The molecule has 144 valence electrons. The van der Waals surface area contributed by atoms with E-state index >= 15 is 0 Å². The van der Waals surface area contributed by atoms with E-state index in [1.807, 2.05) is 19.1 Å². The van der Waals surface area contributed by atoms with E-state index in [0.717, 1.165) is 61.7 Å². The lowest BCUT2D eigenvalue weighted by molar-refractivity contribution is 0.241. The molecule has 7 nitrogen and oxygen atoms in total. The SMILES string of the molecule is CCOc1cc(CN2CCc3nc(N4CCCC4)[nH]c(=O)c3C2)ccc1O. The quantitative estimate of drug-likeness (QED) is 0.838. The molecule has 2 aliphatic heterocycles. The molecule has 1 aromatic heterocycles. The number of nitrogens with zero attached hydrogens (tertiary/aromatic N) is 3. The van der Waals surface area contributed by atoms with Gasteiger partial charge in [0.15, 0.2) is 11.5 Å². The fourth-order valence-corrected chi connectivity index (χ4v) is 3.87. The zero-order chi connectivity index (χ0) is 18.8. The largest absolute Gasteiger partial charge is 0.504 e. The number of hydrogen-bond donors (Lipinski definition) is 2. The van der Waals surface area contributed by atoms with Gasteiger partial charge in [0.05, 0.1) is 17.9 Å². The number of aromatic hydroxyl groups is 1. The van der Waals surface area contributed by atoms with Crippen LogP contribution < -0.4 is 15.2 Å². The average Bonchev–Trinajstić information content (AvgIpc) is 3.20. The van der Waals surface area contributed by atoms with Crippen LogP contribution in [0.5, 0.6) is 11.5 Å². The average molecular weight is 370 g/mol. The van der Waals surface area contributed by atoms with Crippen LogP contribution >= 0.6 is 0 Å². The maximum atomic E-state index is 12.6. The maximum Gasteiger partial charge on any atom is 0.257 e. The molecule has 1 fully saturated rings. The van der Waals surface area contributed by atoms with Crippen molar-refractivity contribution in [3.8, 4) is 11.5 Å². The van der Waals surface area contributed by atoms with E-state index in [-0.39, 0.29) is 11.3 Å². The number of benzene rings is 1. The first-order chi connectivity index (χ1) is 13.1. The summed E-state index contributed by atoms with van der Waals surface area (Å²) in [5.41, 5.74) is 2.73. The second-order valence-corrected chi connectivity index (χ2v) is 7.20. The Kier molecular flexibility index (Phi) is 5.03. The molecule has 0 atom stereocenters. The lowest BCUT2D eigenvalue weighted by Crippen LogP contribution is -2.36. The molecular weight excluding hydrogens is 344 g/mol. The van der Waals surface area contributed by atoms with Crippen molar-refractivity contribution in [2.75, 3.05) is 31.1 Å². The van der Waals surface area contributed by atoms with E-state index in [4.69, 9.17) is 9.72 Å². The van der Waals surface area contributed by atoms with Crippen molar-refractivity contribution in [3.63, 3.8) is 0 Å². The molecule has 2 N–H and O–H groups in total. The van der Waals surface area contributed by atoms with E-state index in [0.29, 0.717) is 25.4 Å². The first-order valence-electron chi connectivity index (χ1n) is 9.68. The van der Waals surface area contributed by atoms with Crippen LogP contribution in [0, 0.1) is 0 Å². The number of H-pyrrole nitrogens is 1. The summed E-state index contributed by atoms with van der Waals surface area (Å²) in [5.74, 6) is 1.38. The molecule has 27 heavy (non-hydrogen) atoms. The van der Waals surface area contributed by atoms with Gasteiger partial charge in [-0.2, -0.15) is 0 Å². The Morgan fingerprint density at radius 2 is 2.07 bits per heavy atom. The van der Waals surface area contributed by atoms with Crippen molar-refractivity contribution in [1.82, 2.24) is 14.9 Å². The minimum Gasteiger partial charge on any atom is -0.504 e. The Morgan fingerprint density at radius 1 is 1.26 bits per heavy atom. The van der Waals surface area contributed by atoms with Crippen LogP contribution in [-0.4, -0.2) is 46.2 Å². The second-order valence-electron chi connectivity index (χ2n) is 7.20. The van der Waals surface area contributed by atoms with Crippen LogP contribution in [0.15, 0.2) is 23.0 Å². The van der Waals surface area contributed by atoms with Gasteiger partial charge >= 0.3 is 0 Å².